The smallest absolute Gasteiger partial charge is 0.224 e. The van der Waals surface area contributed by atoms with E-state index in [1.54, 1.807) is 18.3 Å². The molecule has 28 heavy (non-hydrogen) atoms. The molecule has 1 spiro atoms. The first-order valence-corrected chi connectivity index (χ1v) is 11.0. The summed E-state index contributed by atoms with van der Waals surface area (Å²) in [6, 6.07) is 10.8. The Kier molecular flexibility index (Phi) is 5.34. The lowest BCUT2D eigenvalue weighted by molar-refractivity contribution is -0.172. The molecule has 4 rings (SSSR count). The number of hydrogen-bond donors (Lipinski definition) is 0. The van der Waals surface area contributed by atoms with E-state index < -0.39 is 5.79 Å². The van der Waals surface area contributed by atoms with Gasteiger partial charge in [-0.2, -0.15) is 0 Å². The van der Waals surface area contributed by atoms with Crippen molar-refractivity contribution < 1.29 is 14.3 Å². The van der Waals surface area contributed by atoms with Gasteiger partial charge in [0.25, 0.3) is 0 Å². The van der Waals surface area contributed by atoms with Crippen molar-refractivity contribution in [2.75, 3.05) is 11.5 Å². The van der Waals surface area contributed by atoms with Gasteiger partial charge in [0.15, 0.2) is 5.79 Å². The Hall–Kier alpha value is -1.69. The van der Waals surface area contributed by atoms with Crippen LogP contribution in [0.15, 0.2) is 30.3 Å². The van der Waals surface area contributed by atoms with Crippen molar-refractivity contribution in [3.05, 3.63) is 51.9 Å². The van der Waals surface area contributed by atoms with Crippen molar-refractivity contribution in [2.24, 2.45) is 0 Å². The molecule has 0 bridgehead atoms. The molecular weight excluding hydrogens is 370 g/mol. The van der Waals surface area contributed by atoms with Gasteiger partial charge in [0.05, 0.1) is 24.3 Å². The van der Waals surface area contributed by atoms with Crippen LogP contribution in [-0.2, 0) is 33.7 Å². The zero-order valence-electron chi connectivity index (χ0n) is 17.2. The van der Waals surface area contributed by atoms with E-state index in [1.807, 2.05) is 4.90 Å². The van der Waals surface area contributed by atoms with Gasteiger partial charge in [0.1, 0.15) is 0 Å². The van der Waals surface area contributed by atoms with Gasteiger partial charge in [-0.1, -0.05) is 38.1 Å². The molecule has 2 unspecified atom stereocenters. The summed E-state index contributed by atoms with van der Waals surface area (Å²) in [5.41, 5.74) is 3.80. The minimum atomic E-state index is -0.456. The zero-order chi connectivity index (χ0) is 19.9. The number of ether oxygens (including phenoxy) is 2. The van der Waals surface area contributed by atoms with Crippen molar-refractivity contribution in [1.29, 1.82) is 0 Å². The largest absolute Gasteiger partial charge is 0.347 e. The lowest BCUT2D eigenvalue weighted by atomic mass is 9.93. The van der Waals surface area contributed by atoms with E-state index in [9.17, 15) is 4.79 Å². The summed E-state index contributed by atoms with van der Waals surface area (Å²) in [6.45, 7) is 9.36. The lowest BCUT2D eigenvalue weighted by Gasteiger charge is -2.31. The highest BCUT2D eigenvalue weighted by atomic mass is 32.1. The van der Waals surface area contributed by atoms with E-state index in [1.165, 1.54) is 16.0 Å². The Bertz CT molecular complexity index is 857. The summed E-state index contributed by atoms with van der Waals surface area (Å²) in [4.78, 5) is 15.6. The van der Waals surface area contributed by atoms with Crippen LogP contribution in [-0.4, -0.2) is 24.4 Å². The minimum Gasteiger partial charge on any atom is -0.347 e. The number of thiophene rings is 1. The normalized spacial score (nSPS) is 24.0. The molecule has 2 aromatic rings. The van der Waals surface area contributed by atoms with Crippen molar-refractivity contribution in [3.8, 4) is 0 Å². The number of amides is 1. The summed E-state index contributed by atoms with van der Waals surface area (Å²) >= 11 is 1.71. The topological polar surface area (TPSA) is 38.8 Å². The lowest BCUT2D eigenvalue weighted by Crippen LogP contribution is -2.36. The van der Waals surface area contributed by atoms with Crippen molar-refractivity contribution in [3.63, 3.8) is 0 Å². The summed E-state index contributed by atoms with van der Waals surface area (Å²) < 4.78 is 12.1. The van der Waals surface area contributed by atoms with Gasteiger partial charge in [0.2, 0.25) is 5.91 Å². The van der Waals surface area contributed by atoms with Gasteiger partial charge in [-0.25, -0.2) is 0 Å². The number of carbonyl (C=O) groups is 1. The predicted octanol–water partition coefficient (Wildman–Crippen LogP) is 5.04. The molecular formula is C23H29NO3S. The quantitative estimate of drug-likeness (QED) is 0.723. The van der Waals surface area contributed by atoms with Crippen molar-refractivity contribution >= 4 is 22.2 Å². The fourth-order valence-electron chi connectivity index (χ4n) is 4.07. The average molecular weight is 400 g/mol. The third-order valence-corrected chi connectivity index (χ3v) is 6.92. The number of hydrogen-bond acceptors (Lipinski definition) is 4. The van der Waals surface area contributed by atoms with Gasteiger partial charge < -0.3 is 9.47 Å². The highest BCUT2D eigenvalue weighted by molar-refractivity contribution is 7.16. The predicted molar refractivity (Wildman–Crippen MR) is 113 cm³/mol. The number of fused-ring (bicyclic) bond motifs is 1. The molecule has 1 fully saturated rings. The van der Waals surface area contributed by atoms with Crippen LogP contribution in [0.1, 0.15) is 61.6 Å². The zero-order valence-corrected chi connectivity index (χ0v) is 18.0. The molecule has 1 saturated heterocycles. The second-order valence-electron chi connectivity index (χ2n) is 8.36. The Labute approximate surface area is 171 Å². The third kappa shape index (κ3) is 3.88. The molecule has 1 amide bonds. The highest BCUT2D eigenvalue weighted by Gasteiger charge is 2.43. The first kappa shape index (κ1) is 19.6. The Balaban J connectivity index is 1.54. The van der Waals surface area contributed by atoms with Crippen LogP contribution < -0.4 is 4.90 Å². The highest BCUT2D eigenvalue weighted by Crippen LogP contribution is 2.43. The van der Waals surface area contributed by atoms with E-state index in [0.29, 0.717) is 19.1 Å². The van der Waals surface area contributed by atoms with E-state index in [4.69, 9.17) is 9.47 Å². The van der Waals surface area contributed by atoms with Crippen LogP contribution >= 0.6 is 11.3 Å². The van der Waals surface area contributed by atoms with Crippen LogP contribution in [0.2, 0.25) is 0 Å². The standard InChI is InChI=1S/C23H29NO3S/c1-15(2)19-7-5-18(6-8-19)13-24(17(4)25)22-11-20-9-10-23(12-21(20)28-22)26-14-16(3)27-23/h5-8,11,15-16H,9-10,12-14H2,1-4H3. The fraction of sp³-hybridized carbons (Fsp3) is 0.522. The van der Waals surface area contributed by atoms with E-state index in [-0.39, 0.29) is 12.0 Å². The van der Waals surface area contributed by atoms with Crippen LogP contribution in [0, 0.1) is 0 Å². The number of carbonyl (C=O) groups excluding carboxylic acids is 1. The maximum atomic E-state index is 12.4. The molecule has 2 heterocycles. The molecule has 0 saturated carbocycles. The third-order valence-electron chi connectivity index (χ3n) is 5.72. The van der Waals surface area contributed by atoms with Gasteiger partial charge in [-0.3, -0.25) is 9.69 Å². The summed E-state index contributed by atoms with van der Waals surface area (Å²) in [5.74, 6) is 0.128. The van der Waals surface area contributed by atoms with Gasteiger partial charge >= 0.3 is 0 Å². The number of anilines is 1. The summed E-state index contributed by atoms with van der Waals surface area (Å²) in [6.07, 6.45) is 2.76. The van der Waals surface area contributed by atoms with Crippen LogP contribution in [0.3, 0.4) is 0 Å². The molecule has 0 N–H and O–H groups in total. The Morgan fingerprint density at radius 2 is 2.07 bits per heavy atom. The first-order valence-electron chi connectivity index (χ1n) is 10.2. The molecule has 1 aromatic heterocycles. The monoisotopic (exact) mass is 399 g/mol. The van der Waals surface area contributed by atoms with E-state index in [2.05, 4.69) is 51.1 Å². The molecule has 1 aliphatic carbocycles. The number of nitrogens with zero attached hydrogens (tertiary/aromatic N) is 1. The number of benzene rings is 1. The minimum absolute atomic E-state index is 0.0724. The maximum Gasteiger partial charge on any atom is 0.224 e. The van der Waals surface area contributed by atoms with E-state index >= 15 is 0 Å². The number of rotatable bonds is 4. The fourth-order valence-corrected chi connectivity index (χ4v) is 5.41. The van der Waals surface area contributed by atoms with Crippen LogP contribution in [0.4, 0.5) is 5.00 Å². The molecule has 2 atom stereocenters. The average Bonchev–Trinajstić information content (AvgIpc) is 3.23. The van der Waals surface area contributed by atoms with Gasteiger partial charge in [-0.05, 0) is 42.0 Å². The molecule has 5 heteroatoms. The van der Waals surface area contributed by atoms with Crippen molar-refractivity contribution in [1.82, 2.24) is 0 Å². The second-order valence-corrected chi connectivity index (χ2v) is 9.48. The van der Waals surface area contributed by atoms with Crippen LogP contribution in [0.5, 0.6) is 0 Å². The molecule has 0 radical (unpaired) electrons. The van der Waals surface area contributed by atoms with Crippen LogP contribution in [0.25, 0.3) is 0 Å². The molecule has 4 nitrogen and oxygen atoms in total. The Morgan fingerprint density at radius 3 is 2.68 bits per heavy atom. The molecule has 2 aliphatic rings. The first-order chi connectivity index (χ1) is 13.3. The molecule has 1 aromatic carbocycles. The maximum absolute atomic E-state index is 12.4. The number of aryl methyl sites for hydroxylation is 1. The second kappa shape index (κ2) is 7.62. The molecule has 150 valence electrons. The molecule has 1 aliphatic heterocycles. The summed E-state index contributed by atoms with van der Waals surface area (Å²) in [7, 11) is 0. The van der Waals surface area contributed by atoms with E-state index in [0.717, 1.165) is 29.8 Å². The SMILES string of the molecule is CC(=O)N(Cc1ccc(C(C)C)cc1)c1cc2c(s1)CC1(CC2)OCC(C)O1. The van der Waals surface area contributed by atoms with Crippen molar-refractivity contribution in [2.45, 2.75) is 71.3 Å². The summed E-state index contributed by atoms with van der Waals surface area (Å²) in [5, 5.41) is 1.02. The van der Waals surface area contributed by atoms with Gasteiger partial charge in [-0.15, -0.1) is 11.3 Å². The van der Waals surface area contributed by atoms with Gasteiger partial charge in [0, 0.05) is 24.6 Å². The Morgan fingerprint density at radius 1 is 1.32 bits per heavy atom.